The van der Waals surface area contributed by atoms with Crippen molar-refractivity contribution >= 4 is 23.2 Å². The van der Waals surface area contributed by atoms with Gasteiger partial charge in [0.2, 0.25) is 5.90 Å². The molecule has 3 rings (SSSR count). The topological polar surface area (TPSA) is 133 Å². The molecule has 0 unspecified atom stereocenters. The Labute approximate surface area is 184 Å². The monoisotopic (exact) mass is 444 g/mol. The summed E-state index contributed by atoms with van der Waals surface area (Å²) < 4.78 is 21.9. The molecule has 0 bridgehead atoms. The summed E-state index contributed by atoms with van der Waals surface area (Å²) in [4.78, 5) is 15.0. The van der Waals surface area contributed by atoms with E-state index in [4.69, 9.17) is 18.9 Å². The van der Waals surface area contributed by atoms with Crippen molar-refractivity contribution in [1.82, 2.24) is 0 Å². The van der Waals surface area contributed by atoms with Crippen LogP contribution in [0.5, 0.6) is 17.2 Å². The van der Waals surface area contributed by atoms with Crippen LogP contribution in [0, 0.1) is 10.1 Å². The molecule has 10 nitrogen and oxygen atoms in total. The number of nitro benzene ring substituents is 1. The van der Waals surface area contributed by atoms with Crippen LogP contribution >= 0.6 is 0 Å². The summed E-state index contributed by atoms with van der Waals surface area (Å²) in [5.74, 6) is 1.61. The first-order valence-electron chi connectivity index (χ1n) is 9.61. The molecule has 2 N–H and O–H groups in total. The molecule has 0 saturated carbocycles. The molecule has 2 aromatic carbocycles. The van der Waals surface area contributed by atoms with Gasteiger partial charge in [-0.3, -0.25) is 10.1 Å². The van der Waals surface area contributed by atoms with Crippen molar-refractivity contribution in [1.29, 1.82) is 0 Å². The minimum Gasteiger partial charge on any atom is -0.496 e. The predicted octanol–water partition coefficient (Wildman–Crippen LogP) is 2.31. The van der Waals surface area contributed by atoms with Crippen LogP contribution in [-0.4, -0.2) is 67.7 Å². The first-order chi connectivity index (χ1) is 15.4. The summed E-state index contributed by atoms with van der Waals surface area (Å²) in [6, 6.07) is 9.26. The summed E-state index contributed by atoms with van der Waals surface area (Å²) in [5, 5.41) is 30.4. The van der Waals surface area contributed by atoms with E-state index >= 15 is 0 Å². The third-order valence-electron chi connectivity index (χ3n) is 5.06. The Morgan fingerprint density at radius 2 is 1.69 bits per heavy atom. The lowest BCUT2D eigenvalue weighted by molar-refractivity contribution is -0.384. The predicted molar refractivity (Wildman–Crippen MR) is 117 cm³/mol. The Kier molecular flexibility index (Phi) is 6.96. The van der Waals surface area contributed by atoms with E-state index in [1.165, 1.54) is 33.5 Å². The van der Waals surface area contributed by atoms with Crippen molar-refractivity contribution in [2.75, 3.05) is 41.2 Å². The number of non-ortho nitro benzene ring substituents is 1. The fraction of sp³-hybridized carbons (Fsp3) is 0.318. The molecule has 0 atom stereocenters. The quantitative estimate of drug-likeness (QED) is 0.342. The van der Waals surface area contributed by atoms with Crippen LogP contribution in [0.4, 0.5) is 5.69 Å². The standard InChI is InChI=1S/C22H24N2O8/c1-29-18-10-20(31-3)19(30-2)9-15(18)8-17(14-4-6-16(7-5-14)24(27)28)21-23-22(11-25,12-26)13-32-21/h4-10,25-26H,11-13H2,1-3H3/b17-8-. The van der Waals surface area contributed by atoms with Crippen LogP contribution in [0.25, 0.3) is 11.6 Å². The number of nitrogens with zero attached hydrogens (tertiary/aromatic N) is 2. The highest BCUT2D eigenvalue weighted by atomic mass is 16.6. The maximum absolute atomic E-state index is 11.1. The van der Waals surface area contributed by atoms with Gasteiger partial charge in [-0.2, -0.15) is 0 Å². The fourth-order valence-corrected chi connectivity index (χ4v) is 3.19. The van der Waals surface area contributed by atoms with Crippen molar-refractivity contribution in [2.24, 2.45) is 4.99 Å². The van der Waals surface area contributed by atoms with Gasteiger partial charge in [-0.1, -0.05) is 0 Å². The van der Waals surface area contributed by atoms with Crippen LogP contribution in [0.15, 0.2) is 41.4 Å². The number of aliphatic imine (C=N–C) groups is 1. The first-order valence-corrected chi connectivity index (χ1v) is 9.61. The maximum Gasteiger partial charge on any atom is 0.269 e. The van der Waals surface area contributed by atoms with E-state index in [0.717, 1.165) is 0 Å². The second kappa shape index (κ2) is 9.67. The molecule has 170 valence electrons. The molecule has 10 heteroatoms. The molecule has 0 fully saturated rings. The number of nitro groups is 1. The maximum atomic E-state index is 11.1. The molecular weight excluding hydrogens is 420 g/mol. The van der Waals surface area contributed by atoms with Gasteiger partial charge in [-0.25, -0.2) is 4.99 Å². The summed E-state index contributed by atoms with van der Waals surface area (Å²) >= 11 is 0. The second-order valence-corrected chi connectivity index (χ2v) is 7.06. The third-order valence-corrected chi connectivity index (χ3v) is 5.06. The normalized spacial score (nSPS) is 15.0. The van der Waals surface area contributed by atoms with Crippen molar-refractivity contribution in [3.63, 3.8) is 0 Å². The first kappa shape index (κ1) is 23.0. The number of aliphatic hydroxyl groups is 2. The number of rotatable bonds is 9. The van der Waals surface area contributed by atoms with E-state index in [1.807, 2.05) is 0 Å². The summed E-state index contributed by atoms with van der Waals surface area (Å²) in [5.41, 5.74) is 0.435. The molecular formula is C22H24N2O8. The van der Waals surface area contributed by atoms with E-state index in [1.54, 1.807) is 30.3 Å². The molecule has 0 aliphatic carbocycles. The molecule has 32 heavy (non-hydrogen) atoms. The van der Waals surface area contributed by atoms with Gasteiger partial charge in [-0.15, -0.1) is 0 Å². The summed E-state index contributed by atoms with van der Waals surface area (Å²) in [6.45, 7) is -0.816. The molecule has 0 radical (unpaired) electrons. The number of benzene rings is 2. The lowest BCUT2D eigenvalue weighted by Gasteiger charge is -2.16. The van der Waals surface area contributed by atoms with Crippen molar-refractivity contribution < 1.29 is 34.1 Å². The molecule has 0 saturated heterocycles. The minimum atomic E-state index is -1.17. The zero-order valence-electron chi connectivity index (χ0n) is 17.9. The number of hydrogen-bond donors (Lipinski definition) is 2. The Bertz CT molecular complexity index is 1040. The molecule has 0 spiro atoms. The largest absolute Gasteiger partial charge is 0.496 e. The van der Waals surface area contributed by atoms with Gasteiger partial charge in [0.1, 0.15) is 17.9 Å². The van der Waals surface area contributed by atoms with Gasteiger partial charge >= 0.3 is 0 Å². The van der Waals surface area contributed by atoms with E-state index in [-0.39, 0.29) is 18.2 Å². The van der Waals surface area contributed by atoms with Crippen molar-refractivity contribution in [3.05, 3.63) is 57.6 Å². The zero-order valence-corrected chi connectivity index (χ0v) is 17.9. The van der Waals surface area contributed by atoms with Crippen molar-refractivity contribution in [3.8, 4) is 17.2 Å². The van der Waals surface area contributed by atoms with Crippen LogP contribution in [-0.2, 0) is 4.74 Å². The molecule has 0 amide bonds. The second-order valence-electron chi connectivity index (χ2n) is 7.06. The lowest BCUT2D eigenvalue weighted by atomic mass is 10.0. The van der Waals surface area contributed by atoms with Gasteiger partial charge in [-0.05, 0) is 29.8 Å². The number of methoxy groups -OCH3 is 3. The van der Waals surface area contributed by atoms with Crippen LogP contribution in [0.2, 0.25) is 0 Å². The van der Waals surface area contributed by atoms with Gasteiger partial charge in [0, 0.05) is 29.3 Å². The lowest BCUT2D eigenvalue weighted by Crippen LogP contribution is -2.37. The third kappa shape index (κ3) is 4.51. The molecule has 1 aliphatic rings. The summed E-state index contributed by atoms with van der Waals surface area (Å²) in [7, 11) is 4.53. The molecule has 1 heterocycles. The van der Waals surface area contributed by atoms with Gasteiger partial charge < -0.3 is 29.2 Å². The Morgan fingerprint density at radius 3 is 2.19 bits per heavy atom. The average Bonchev–Trinajstić information content (AvgIpc) is 3.27. The smallest absolute Gasteiger partial charge is 0.269 e. The van der Waals surface area contributed by atoms with Gasteiger partial charge in [0.25, 0.3) is 5.69 Å². The number of aliphatic hydroxyl groups excluding tert-OH is 2. The van der Waals surface area contributed by atoms with Gasteiger partial charge in [0.05, 0.1) is 39.5 Å². The SMILES string of the molecule is COc1cc(OC)c(OC)cc1/C=C(\C1=NC(CO)(CO)CO1)c1ccc([N+](=O)[O-])cc1. The van der Waals surface area contributed by atoms with Crippen molar-refractivity contribution in [2.45, 2.75) is 5.54 Å². The van der Waals surface area contributed by atoms with E-state index in [9.17, 15) is 20.3 Å². The highest BCUT2D eigenvalue weighted by Gasteiger charge is 2.37. The zero-order chi connectivity index (χ0) is 23.3. The van der Waals surface area contributed by atoms with Gasteiger partial charge in [0.15, 0.2) is 11.5 Å². The highest BCUT2D eigenvalue weighted by Crippen LogP contribution is 2.37. The van der Waals surface area contributed by atoms with Crippen LogP contribution < -0.4 is 14.2 Å². The minimum absolute atomic E-state index is 0.0112. The van der Waals surface area contributed by atoms with Crippen LogP contribution in [0.1, 0.15) is 11.1 Å². The Hall–Kier alpha value is -3.63. The van der Waals surface area contributed by atoms with E-state index in [2.05, 4.69) is 4.99 Å². The number of hydrogen-bond acceptors (Lipinski definition) is 9. The van der Waals surface area contributed by atoms with E-state index in [0.29, 0.717) is 33.9 Å². The number of ether oxygens (including phenoxy) is 4. The average molecular weight is 444 g/mol. The fourth-order valence-electron chi connectivity index (χ4n) is 3.19. The molecule has 0 aromatic heterocycles. The highest BCUT2D eigenvalue weighted by molar-refractivity contribution is 6.25. The van der Waals surface area contributed by atoms with Crippen LogP contribution in [0.3, 0.4) is 0 Å². The molecule has 2 aromatic rings. The summed E-state index contributed by atoms with van der Waals surface area (Å²) in [6.07, 6.45) is 1.73. The Morgan fingerprint density at radius 1 is 1.09 bits per heavy atom. The molecule has 1 aliphatic heterocycles. The van der Waals surface area contributed by atoms with E-state index < -0.39 is 23.7 Å². The Balaban J connectivity index is 2.19.